The van der Waals surface area contributed by atoms with E-state index in [1.165, 1.54) is 12.1 Å². The molecule has 2 aromatic carbocycles. The molecule has 9 nitrogen and oxygen atoms in total. The Hall–Kier alpha value is -3.11. The summed E-state index contributed by atoms with van der Waals surface area (Å²) in [5.74, 6) is 0.383. The molecule has 3 rings (SSSR count). The molecule has 0 saturated carbocycles. The van der Waals surface area contributed by atoms with Gasteiger partial charge >= 0.3 is 0 Å². The lowest BCUT2D eigenvalue weighted by Gasteiger charge is -2.05. The van der Waals surface area contributed by atoms with E-state index in [1.54, 1.807) is 0 Å². The number of nitrogens with one attached hydrogen (secondary N) is 1. The molecule has 0 fully saturated rings. The zero-order chi connectivity index (χ0) is 18.7. The van der Waals surface area contributed by atoms with Crippen molar-refractivity contribution in [2.45, 2.75) is 18.4 Å². The smallest absolute Gasteiger partial charge is 0.289 e. The van der Waals surface area contributed by atoms with Gasteiger partial charge in [0.05, 0.1) is 11.5 Å². The highest BCUT2D eigenvalue weighted by atomic mass is 32.2. The van der Waals surface area contributed by atoms with Crippen molar-refractivity contribution < 1.29 is 17.9 Å². The minimum Gasteiger partial charge on any atom is -0.338 e. The Balaban J connectivity index is 1.80. The largest absolute Gasteiger partial charge is 0.338 e. The van der Waals surface area contributed by atoms with Gasteiger partial charge in [-0.1, -0.05) is 41.6 Å². The molecule has 1 N–H and O–H groups in total. The molecule has 0 saturated heterocycles. The lowest BCUT2D eigenvalue weighted by Crippen LogP contribution is -2.24. The second-order valence-corrected chi connectivity index (χ2v) is 7.11. The van der Waals surface area contributed by atoms with Crippen molar-refractivity contribution in [3.05, 3.63) is 70.1 Å². The van der Waals surface area contributed by atoms with Gasteiger partial charge in [0.15, 0.2) is 4.90 Å². The Morgan fingerprint density at radius 1 is 1.15 bits per heavy atom. The van der Waals surface area contributed by atoms with Crippen LogP contribution in [0, 0.1) is 17.0 Å². The number of hydrogen-bond acceptors (Lipinski definition) is 7. The van der Waals surface area contributed by atoms with E-state index >= 15 is 0 Å². The van der Waals surface area contributed by atoms with Gasteiger partial charge in [0.2, 0.25) is 21.7 Å². The number of aromatic nitrogens is 2. The monoisotopic (exact) mass is 374 g/mol. The van der Waals surface area contributed by atoms with Crippen molar-refractivity contribution in [2.24, 2.45) is 0 Å². The second-order valence-electron chi connectivity index (χ2n) is 5.38. The fraction of sp³-hybridized carbons (Fsp3) is 0.125. The van der Waals surface area contributed by atoms with Crippen LogP contribution in [0.5, 0.6) is 0 Å². The third kappa shape index (κ3) is 3.60. The average Bonchev–Trinajstić information content (AvgIpc) is 3.09. The fourth-order valence-electron chi connectivity index (χ4n) is 2.33. The first-order valence-electron chi connectivity index (χ1n) is 7.50. The van der Waals surface area contributed by atoms with E-state index in [2.05, 4.69) is 14.9 Å². The van der Waals surface area contributed by atoms with Crippen LogP contribution >= 0.6 is 0 Å². The van der Waals surface area contributed by atoms with Gasteiger partial charge in [-0.05, 0) is 18.6 Å². The average molecular weight is 374 g/mol. The van der Waals surface area contributed by atoms with Crippen LogP contribution in [-0.2, 0) is 16.6 Å². The summed E-state index contributed by atoms with van der Waals surface area (Å²) in [6, 6.07) is 12.5. The third-order valence-corrected chi connectivity index (χ3v) is 5.07. The summed E-state index contributed by atoms with van der Waals surface area (Å²) in [6.45, 7) is 1.61. The van der Waals surface area contributed by atoms with Gasteiger partial charge in [-0.25, -0.2) is 13.1 Å². The van der Waals surface area contributed by atoms with Crippen LogP contribution in [0.3, 0.4) is 0 Å². The van der Waals surface area contributed by atoms with Gasteiger partial charge in [0, 0.05) is 11.6 Å². The fourth-order valence-corrected chi connectivity index (χ4v) is 3.47. The molecule has 0 atom stereocenters. The molecule has 10 heteroatoms. The molecule has 0 amide bonds. The van der Waals surface area contributed by atoms with E-state index in [0.717, 1.165) is 23.3 Å². The lowest BCUT2D eigenvalue weighted by atomic mass is 10.1. The molecule has 0 aliphatic heterocycles. The maximum atomic E-state index is 12.4. The maximum Gasteiger partial charge on any atom is 0.289 e. The quantitative estimate of drug-likeness (QED) is 0.518. The van der Waals surface area contributed by atoms with Gasteiger partial charge in [0.25, 0.3) is 5.69 Å². The number of aryl methyl sites for hydroxylation is 1. The number of nitro benzene ring substituents is 1. The van der Waals surface area contributed by atoms with E-state index in [9.17, 15) is 18.5 Å². The summed E-state index contributed by atoms with van der Waals surface area (Å²) in [5.41, 5.74) is 1.20. The zero-order valence-electron chi connectivity index (χ0n) is 13.6. The van der Waals surface area contributed by atoms with Gasteiger partial charge in [-0.2, -0.15) is 4.98 Å². The lowest BCUT2D eigenvalue weighted by molar-refractivity contribution is -0.387. The van der Waals surface area contributed by atoms with E-state index in [-0.39, 0.29) is 12.4 Å². The van der Waals surface area contributed by atoms with Gasteiger partial charge in [0.1, 0.15) is 0 Å². The number of nitro groups is 1. The maximum absolute atomic E-state index is 12.4. The highest BCUT2D eigenvalue weighted by Crippen LogP contribution is 2.23. The van der Waals surface area contributed by atoms with Gasteiger partial charge in [-0.15, -0.1) is 0 Å². The van der Waals surface area contributed by atoms with Crippen molar-refractivity contribution in [3.63, 3.8) is 0 Å². The Bertz CT molecular complexity index is 1060. The number of rotatable bonds is 6. The summed E-state index contributed by atoms with van der Waals surface area (Å²) in [5, 5.41) is 14.8. The normalized spacial score (nSPS) is 11.4. The predicted molar refractivity (Wildman–Crippen MR) is 91.6 cm³/mol. The predicted octanol–water partition coefficient (Wildman–Crippen LogP) is 2.43. The molecule has 0 aliphatic rings. The third-order valence-electron chi connectivity index (χ3n) is 3.62. The van der Waals surface area contributed by atoms with Crippen molar-refractivity contribution in [1.82, 2.24) is 14.9 Å². The molecule has 3 aromatic rings. The van der Waals surface area contributed by atoms with Crippen LogP contribution < -0.4 is 4.72 Å². The van der Waals surface area contributed by atoms with Crippen LogP contribution in [0.1, 0.15) is 11.5 Å². The molecule has 0 spiro atoms. The molecule has 0 radical (unpaired) electrons. The van der Waals surface area contributed by atoms with Crippen LogP contribution in [0.25, 0.3) is 11.4 Å². The summed E-state index contributed by atoms with van der Waals surface area (Å²) >= 11 is 0. The Kier molecular flexibility index (Phi) is 4.78. The van der Waals surface area contributed by atoms with Gasteiger partial charge < -0.3 is 4.52 Å². The first-order chi connectivity index (χ1) is 12.4. The van der Waals surface area contributed by atoms with Crippen LogP contribution in [0.2, 0.25) is 0 Å². The first-order valence-corrected chi connectivity index (χ1v) is 8.98. The Labute approximate surface area is 148 Å². The first kappa shape index (κ1) is 17.7. The summed E-state index contributed by atoms with van der Waals surface area (Å²) in [4.78, 5) is 14.0. The molecule has 0 bridgehead atoms. The second kappa shape index (κ2) is 7.02. The molecular formula is C16H14N4O5S. The Morgan fingerprint density at radius 2 is 1.85 bits per heavy atom. The topological polar surface area (TPSA) is 128 Å². The molecule has 1 heterocycles. The van der Waals surface area contributed by atoms with Crippen molar-refractivity contribution in [2.75, 3.05) is 0 Å². The highest BCUT2D eigenvalue weighted by Gasteiger charge is 2.25. The van der Waals surface area contributed by atoms with E-state index < -0.39 is 25.5 Å². The van der Waals surface area contributed by atoms with Gasteiger partial charge in [-0.3, -0.25) is 10.1 Å². The molecule has 1 aromatic heterocycles. The number of benzene rings is 2. The Morgan fingerprint density at radius 3 is 2.58 bits per heavy atom. The summed E-state index contributed by atoms with van der Waals surface area (Å²) in [7, 11) is -4.12. The molecule has 0 aliphatic carbocycles. The van der Waals surface area contributed by atoms with Crippen molar-refractivity contribution in [1.29, 1.82) is 0 Å². The van der Waals surface area contributed by atoms with Crippen LogP contribution in [0.15, 0.2) is 57.9 Å². The summed E-state index contributed by atoms with van der Waals surface area (Å²) < 4.78 is 32.0. The van der Waals surface area contributed by atoms with E-state index in [0.29, 0.717) is 5.82 Å². The highest BCUT2D eigenvalue weighted by molar-refractivity contribution is 7.89. The van der Waals surface area contributed by atoms with E-state index in [1.807, 2.05) is 31.2 Å². The number of sulfonamides is 1. The number of para-hydroxylation sites is 1. The molecule has 26 heavy (non-hydrogen) atoms. The minimum absolute atomic E-state index is 0.0467. The number of nitrogens with zero attached hydrogens (tertiary/aromatic N) is 3. The van der Waals surface area contributed by atoms with Crippen LogP contribution in [-0.4, -0.2) is 23.5 Å². The standard InChI is InChI=1S/C16H14N4O5S/c1-11-6-2-3-7-12(11)16-18-15(25-19-16)10-17-26(23,24)14-9-5-4-8-13(14)20(21)22/h2-9,17H,10H2,1H3. The van der Waals surface area contributed by atoms with Crippen LogP contribution in [0.4, 0.5) is 5.69 Å². The van der Waals surface area contributed by atoms with E-state index in [4.69, 9.17) is 4.52 Å². The van der Waals surface area contributed by atoms with Crippen molar-refractivity contribution >= 4 is 15.7 Å². The SMILES string of the molecule is Cc1ccccc1-c1noc(CNS(=O)(=O)c2ccccc2[N+](=O)[O-])n1. The molecular weight excluding hydrogens is 360 g/mol. The molecule has 134 valence electrons. The van der Waals surface area contributed by atoms with Crippen molar-refractivity contribution in [3.8, 4) is 11.4 Å². The number of hydrogen-bond donors (Lipinski definition) is 1. The summed E-state index contributed by atoms with van der Waals surface area (Å²) in [6.07, 6.45) is 0. The zero-order valence-corrected chi connectivity index (χ0v) is 14.4. The minimum atomic E-state index is -4.12. The molecule has 0 unspecified atom stereocenters.